The lowest BCUT2D eigenvalue weighted by atomic mass is 9.52. The number of primary amides is 1. The van der Waals surface area contributed by atoms with Crippen molar-refractivity contribution in [3.63, 3.8) is 0 Å². The highest BCUT2D eigenvalue weighted by molar-refractivity contribution is 6.00. The molecule has 6 rings (SSSR count). The van der Waals surface area contributed by atoms with E-state index in [1.165, 1.54) is 39.2 Å². The van der Waals surface area contributed by atoms with Gasteiger partial charge in [-0.1, -0.05) is 30.3 Å². The van der Waals surface area contributed by atoms with Crippen LogP contribution < -0.4 is 16.4 Å². The molecule has 10 nitrogen and oxygen atoms in total. The normalized spacial score (nSPS) is 29.7. The number of alkyl carbamates (subject to hydrolysis) is 1. The zero-order valence-corrected chi connectivity index (χ0v) is 22.6. The van der Waals surface area contributed by atoms with Gasteiger partial charge >= 0.3 is 12.2 Å². The van der Waals surface area contributed by atoms with E-state index >= 15 is 0 Å². The van der Waals surface area contributed by atoms with Gasteiger partial charge in [-0.2, -0.15) is 5.10 Å². The van der Waals surface area contributed by atoms with Gasteiger partial charge in [0.15, 0.2) is 0 Å². The number of nitrogens with two attached hydrogens (primary N) is 1. The molecule has 10 heteroatoms. The summed E-state index contributed by atoms with van der Waals surface area (Å²) in [5.41, 5.74) is 6.15. The summed E-state index contributed by atoms with van der Waals surface area (Å²) in [5, 5.41) is 18.0. The first kappa shape index (κ1) is 26.8. The number of amides is 3. The van der Waals surface area contributed by atoms with E-state index in [-0.39, 0.29) is 5.91 Å². The predicted molar refractivity (Wildman–Crippen MR) is 146 cm³/mol. The molecule has 4 aliphatic rings. The van der Waals surface area contributed by atoms with Gasteiger partial charge in [-0.25, -0.2) is 14.3 Å². The summed E-state index contributed by atoms with van der Waals surface area (Å²) in [6.45, 7) is 3.74. The number of hydrogen-bond acceptors (Lipinski definition) is 5. The molecule has 4 saturated carbocycles. The van der Waals surface area contributed by atoms with E-state index in [0.29, 0.717) is 28.9 Å². The number of carbonyl (C=O) groups excluding carboxylic acids is 2. The van der Waals surface area contributed by atoms with Crippen LogP contribution in [0, 0.1) is 29.1 Å². The maximum absolute atomic E-state index is 13.6. The number of benzene rings is 1. The van der Waals surface area contributed by atoms with Crippen molar-refractivity contribution in [2.24, 2.45) is 34.8 Å². The Kier molecular flexibility index (Phi) is 6.90. The lowest BCUT2D eigenvalue weighted by molar-refractivity contribution is -0.0417. The molecule has 1 aromatic carbocycles. The SMILES string of the molecule is COC(=O)NC(C)(C)/C=C/n1ncc(C(=O)NC2C3CC4CC5CC2C3(C4)C5)c1-c1ccccc1.NC(=O)O. The number of hydrogen-bond donors (Lipinski definition) is 4. The van der Waals surface area contributed by atoms with Gasteiger partial charge in [0, 0.05) is 17.8 Å². The molecule has 0 aliphatic heterocycles. The van der Waals surface area contributed by atoms with E-state index in [9.17, 15) is 9.59 Å². The first-order chi connectivity index (χ1) is 18.5. The second-order valence-corrected chi connectivity index (χ2v) is 12.0. The Morgan fingerprint density at radius 3 is 2.33 bits per heavy atom. The molecule has 208 valence electrons. The van der Waals surface area contributed by atoms with Crippen molar-refractivity contribution in [2.75, 3.05) is 7.11 Å². The van der Waals surface area contributed by atoms with Gasteiger partial charge in [-0.05, 0) is 81.1 Å². The molecule has 4 unspecified atom stereocenters. The molecular weight excluding hydrogens is 498 g/mol. The molecule has 2 aromatic rings. The Hall–Kier alpha value is -3.82. The van der Waals surface area contributed by atoms with E-state index in [4.69, 9.17) is 14.6 Å². The molecule has 1 heterocycles. The summed E-state index contributed by atoms with van der Waals surface area (Å²) in [6.07, 6.45) is 10.2. The minimum absolute atomic E-state index is 0.0403. The minimum Gasteiger partial charge on any atom is -0.465 e. The predicted octanol–water partition coefficient (Wildman–Crippen LogP) is 4.33. The molecule has 4 aliphatic carbocycles. The fourth-order valence-corrected chi connectivity index (χ4v) is 7.96. The highest BCUT2D eigenvalue weighted by atomic mass is 16.5. The van der Waals surface area contributed by atoms with Crippen LogP contribution in [0.4, 0.5) is 9.59 Å². The summed E-state index contributed by atoms with van der Waals surface area (Å²) in [4.78, 5) is 34.1. The molecule has 4 atom stereocenters. The number of carboxylic acid groups (broad SMARTS) is 1. The highest BCUT2D eigenvalue weighted by Crippen LogP contribution is 2.75. The lowest BCUT2D eigenvalue weighted by Gasteiger charge is -2.56. The highest BCUT2D eigenvalue weighted by Gasteiger charge is 2.71. The number of nitrogens with zero attached hydrogens (tertiary/aromatic N) is 2. The van der Waals surface area contributed by atoms with Crippen molar-refractivity contribution in [3.05, 3.63) is 48.2 Å². The van der Waals surface area contributed by atoms with E-state index in [0.717, 1.165) is 23.1 Å². The number of methoxy groups -OCH3 is 1. The molecule has 1 spiro atoms. The van der Waals surface area contributed by atoms with Crippen molar-refractivity contribution >= 4 is 24.3 Å². The van der Waals surface area contributed by atoms with Crippen molar-refractivity contribution in [1.29, 1.82) is 0 Å². The zero-order valence-electron chi connectivity index (χ0n) is 22.6. The first-order valence-electron chi connectivity index (χ1n) is 13.5. The molecule has 39 heavy (non-hydrogen) atoms. The van der Waals surface area contributed by atoms with Crippen molar-refractivity contribution in [1.82, 2.24) is 20.4 Å². The van der Waals surface area contributed by atoms with Gasteiger partial charge < -0.3 is 26.2 Å². The average molecular weight is 536 g/mol. The van der Waals surface area contributed by atoms with Gasteiger partial charge in [0.05, 0.1) is 30.1 Å². The summed E-state index contributed by atoms with van der Waals surface area (Å²) in [5.74, 6) is 3.01. The number of aromatic nitrogens is 2. The minimum atomic E-state index is -1.33. The summed E-state index contributed by atoms with van der Waals surface area (Å²) in [6, 6.07) is 10.2. The fourth-order valence-electron chi connectivity index (χ4n) is 7.96. The number of rotatable bonds is 6. The Morgan fingerprint density at radius 2 is 1.74 bits per heavy atom. The van der Waals surface area contributed by atoms with Crippen LogP contribution in [0.25, 0.3) is 17.5 Å². The summed E-state index contributed by atoms with van der Waals surface area (Å²) in [7, 11) is 1.34. The van der Waals surface area contributed by atoms with E-state index in [1.807, 2.05) is 50.3 Å². The van der Waals surface area contributed by atoms with Gasteiger partial charge in [0.1, 0.15) is 0 Å². The monoisotopic (exact) mass is 535 g/mol. The molecule has 0 radical (unpaired) electrons. The zero-order chi connectivity index (χ0) is 27.9. The Balaban J connectivity index is 0.000000723. The fraction of sp³-hybridized carbons (Fsp3) is 0.517. The maximum atomic E-state index is 13.6. The van der Waals surface area contributed by atoms with Crippen LogP contribution >= 0.6 is 0 Å². The maximum Gasteiger partial charge on any atom is 0.407 e. The van der Waals surface area contributed by atoms with Gasteiger partial charge in [0.2, 0.25) is 0 Å². The van der Waals surface area contributed by atoms with E-state index in [1.54, 1.807) is 17.1 Å². The van der Waals surface area contributed by atoms with Gasteiger partial charge in [-0.15, -0.1) is 0 Å². The molecule has 1 aromatic heterocycles. The van der Waals surface area contributed by atoms with Crippen molar-refractivity contribution in [3.8, 4) is 11.3 Å². The van der Waals surface area contributed by atoms with Crippen molar-refractivity contribution < 1.29 is 24.2 Å². The Labute approximate surface area is 228 Å². The molecule has 5 N–H and O–H groups in total. The number of fused-ring (bicyclic) bond motifs is 2. The first-order valence-corrected chi connectivity index (χ1v) is 13.5. The van der Waals surface area contributed by atoms with Crippen LogP contribution in [0.15, 0.2) is 42.6 Å². The third-order valence-electron chi connectivity index (χ3n) is 9.15. The van der Waals surface area contributed by atoms with Crippen LogP contribution in [0.3, 0.4) is 0 Å². The third-order valence-corrected chi connectivity index (χ3v) is 9.15. The lowest BCUT2D eigenvalue weighted by Crippen LogP contribution is -2.62. The van der Waals surface area contributed by atoms with Crippen LogP contribution in [0.1, 0.15) is 56.3 Å². The topological polar surface area (TPSA) is 149 Å². The Bertz CT molecular complexity index is 1260. The van der Waals surface area contributed by atoms with Gasteiger partial charge in [0.25, 0.3) is 5.91 Å². The van der Waals surface area contributed by atoms with Crippen LogP contribution in [-0.2, 0) is 4.74 Å². The second-order valence-electron chi connectivity index (χ2n) is 12.0. The smallest absolute Gasteiger partial charge is 0.407 e. The standard InChI is InChI=1S/C28H34N4O3.CH3NO2/c1-27(2,31-26(34)35-3)9-10-32-24(19-7-5-4-6-8-19)20(16-29-32)25(33)30-23-21-12-17-11-18-13-22(23)28(21,14-17)15-18;2-1(3)4/h4-10,16-18,21-23H,11-15H2,1-3H3,(H,30,33)(H,31,34);2H2,(H,3,4)/b10-9+;. The van der Waals surface area contributed by atoms with Crippen LogP contribution in [0.5, 0.6) is 0 Å². The molecule has 3 amide bonds. The van der Waals surface area contributed by atoms with E-state index in [2.05, 4.69) is 21.5 Å². The number of ether oxygens (including phenoxy) is 1. The third kappa shape index (κ3) is 4.99. The van der Waals surface area contributed by atoms with Crippen LogP contribution in [0.2, 0.25) is 0 Å². The average Bonchev–Trinajstić information content (AvgIpc) is 3.49. The second kappa shape index (κ2) is 10.1. The summed E-state index contributed by atoms with van der Waals surface area (Å²) < 4.78 is 6.45. The number of nitrogens with one attached hydrogen (secondary N) is 2. The molecule has 4 fully saturated rings. The van der Waals surface area contributed by atoms with E-state index < -0.39 is 17.7 Å². The van der Waals surface area contributed by atoms with Crippen LogP contribution in [-0.4, -0.2) is 51.7 Å². The summed E-state index contributed by atoms with van der Waals surface area (Å²) >= 11 is 0. The largest absolute Gasteiger partial charge is 0.465 e. The molecule has 0 saturated heterocycles. The molecule has 3 bridgehead atoms. The van der Waals surface area contributed by atoms with Crippen molar-refractivity contribution in [2.45, 2.75) is 57.5 Å². The molecular formula is C29H37N5O5. The number of carbonyl (C=O) groups is 3. The van der Waals surface area contributed by atoms with Gasteiger partial charge in [-0.3, -0.25) is 4.79 Å². The Morgan fingerprint density at radius 1 is 1.13 bits per heavy atom. The quantitative estimate of drug-likeness (QED) is 0.433.